The number of nitrogens with zero attached hydrogens (tertiary/aromatic N) is 4. The number of rotatable bonds is 6. The third kappa shape index (κ3) is 4.13. The number of carbonyl (C=O) groups excluding carboxylic acids is 1. The minimum atomic E-state index is -0.587. The Labute approximate surface area is 198 Å². The first-order chi connectivity index (χ1) is 16.1. The fourth-order valence-electron chi connectivity index (χ4n) is 3.50. The van der Waals surface area contributed by atoms with Crippen molar-refractivity contribution in [2.75, 3.05) is 5.32 Å². The van der Waals surface area contributed by atoms with E-state index in [1.54, 1.807) is 11.5 Å². The number of hydrogen-bond acceptors (Lipinski definition) is 6. The van der Waals surface area contributed by atoms with Crippen molar-refractivity contribution >= 4 is 35.1 Å². The zero-order chi connectivity index (χ0) is 22.8. The average molecular weight is 474 g/mol. The Morgan fingerprint density at radius 1 is 1.03 bits per heavy atom. The van der Waals surface area contributed by atoms with Crippen LogP contribution in [0.3, 0.4) is 0 Å². The van der Waals surface area contributed by atoms with Crippen LogP contribution in [-0.2, 0) is 4.79 Å². The maximum atomic E-state index is 13.2. The molecule has 2 aromatic carbocycles. The summed E-state index contributed by atoms with van der Waals surface area (Å²) < 4.78 is 2.11. The van der Waals surface area contributed by atoms with Crippen LogP contribution in [0.1, 0.15) is 13.0 Å². The minimum Gasteiger partial charge on any atom is -0.324 e. The fraction of sp³-hybridized carbons (Fsp3) is 0.0870. The molecule has 3 N–H and O–H groups in total. The maximum absolute atomic E-state index is 13.2. The van der Waals surface area contributed by atoms with E-state index in [0.717, 1.165) is 16.0 Å². The third-order valence-electron chi connectivity index (χ3n) is 5.17. The standard InChI is InChI=1S/C23H19N7OS2/c1-14(30-21(28-29-23(30)32)18-12-7-13-33-18)22(31)24-17-11-6-5-10-16(17)20-25-19(26-27-20)15-8-3-2-4-9-15/h2-14H,1H3,(H,24,31)(H,29,32)(H,25,26,27). The Morgan fingerprint density at radius 2 is 1.82 bits per heavy atom. The molecule has 5 aromatic rings. The van der Waals surface area contributed by atoms with E-state index in [-0.39, 0.29) is 5.91 Å². The number of carbonyl (C=O) groups is 1. The van der Waals surface area contributed by atoms with Crippen molar-refractivity contribution in [3.8, 4) is 33.5 Å². The van der Waals surface area contributed by atoms with Gasteiger partial charge in [-0.3, -0.25) is 19.6 Å². The number of hydrogen-bond donors (Lipinski definition) is 3. The van der Waals surface area contributed by atoms with E-state index in [2.05, 4.69) is 30.7 Å². The lowest BCUT2D eigenvalue weighted by atomic mass is 10.1. The van der Waals surface area contributed by atoms with E-state index in [1.807, 2.05) is 72.1 Å². The van der Waals surface area contributed by atoms with E-state index in [1.165, 1.54) is 11.3 Å². The molecule has 3 aromatic heterocycles. The second-order valence-corrected chi connectivity index (χ2v) is 8.62. The number of benzene rings is 2. The van der Waals surface area contributed by atoms with E-state index < -0.39 is 6.04 Å². The summed E-state index contributed by atoms with van der Waals surface area (Å²) in [6.07, 6.45) is 0. The van der Waals surface area contributed by atoms with Crippen LogP contribution in [0, 0.1) is 4.77 Å². The number of anilines is 1. The Balaban J connectivity index is 1.43. The van der Waals surface area contributed by atoms with Crippen molar-refractivity contribution in [3.63, 3.8) is 0 Å². The van der Waals surface area contributed by atoms with Crippen molar-refractivity contribution in [1.29, 1.82) is 0 Å². The van der Waals surface area contributed by atoms with Crippen LogP contribution < -0.4 is 5.32 Å². The van der Waals surface area contributed by atoms with Crippen molar-refractivity contribution in [2.24, 2.45) is 0 Å². The molecule has 1 unspecified atom stereocenters. The first kappa shape index (κ1) is 21.0. The van der Waals surface area contributed by atoms with Crippen LogP contribution in [0.5, 0.6) is 0 Å². The molecule has 164 valence electrons. The van der Waals surface area contributed by atoms with Gasteiger partial charge < -0.3 is 5.32 Å². The van der Waals surface area contributed by atoms with E-state index in [4.69, 9.17) is 12.2 Å². The lowest BCUT2D eigenvalue weighted by Crippen LogP contribution is -2.24. The van der Waals surface area contributed by atoms with Crippen LogP contribution in [0.2, 0.25) is 0 Å². The summed E-state index contributed by atoms with van der Waals surface area (Å²) in [6.45, 7) is 1.79. The highest BCUT2D eigenvalue weighted by molar-refractivity contribution is 7.71. The van der Waals surface area contributed by atoms with Crippen LogP contribution in [0.4, 0.5) is 5.69 Å². The summed E-state index contributed by atoms with van der Waals surface area (Å²) in [5.74, 6) is 1.57. The van der Waals surface area contributed by atoms with E-state index in [9.17, 15) is 4.79 Å². The molecule has 3 heterocycles. The predicted octanol–water partition coefficient (Wildman–Crippen LogP) is 5.32. The molecule has 8 nitrogen and oxygen atoms in total. The van der Waals surface area contributed by atoms with Crippen LogP contribution in [-0.4, -0.2) is 35.9 Å². The predicted molar refractivity (Wildman–Crippen MR) is 131 cm³/mol. The largest absolute Gasteiger partial charge is 0.324 e. The Hall–Kier alpha value is -3.89. The Bertz CT molecular complexity index is 1450. The highest BCUT2D eigenvalue weighted by atomic mass is 32.1. The fourth-order valence-corrected chi connectivity index (χ4v) is 4.50. The van der Waals surface area contributed by atoms with Crippen molar-refractivity contribution in [2.45, 2.75) is 13.0 Å². The average Bonchev–Trinajstić information content (AvgIpc) is 3.60. The molecule has 33 heavy (non-hydrogen) atoms. The molecule has 0 saturated carbocycles. The zero-order valence-electron chi connectivity index (χ0n) is 17.5. The van der Waals surface area contributed by atoms with Gasteiger partial charge in [0.1, 0.15) is 6.04 Å². The summed E-state index contributed by atoms with van der Waals surface area (Å²) in [5.41, 5.74) is 2.27. The second-order valence-electron chi connectivity index (χ2n) is 7.28. The number of thiophene rings is 1. The topological polar surface area (TPSA) is 104 Å². The number of amides is 1. The molecule has 1 atom stereocenters. The molecule has 10 heteroatoms. The molecule has 0 aliphatic rings. The molecule has 0 radical (unpaired) electrons. The first-order valence-corrected chi connectivity index (χ1v) is 11.5. The van der Waals surface area contributed by atoms with Gasteiger partial charge in [-0.25, -0.2) is 4.98 Å². The maximum Gasteiger partial charge on any atom is 0.247 e. The van der Waals surface area contributed by atoms with Crippen LogP contribution >= 0.6 is 23.6 Å². The number of nitrogens with one attached hydrogen (secondary N) is 3. The highest BCUT2D eigenvalue weighted by Gasteiger charge is 2.22. The third-order valence-corrected chi connectivity index (χ3v) is 6.32. The normalized spacial score (nSPS) is 11.9. The molecule has 0 saturated heterocycles. The van der Waals surface area contributed by atoms with Gasteiger partial charge in [-0.2, -0.15) is 10.2 Å². The Morgan fingerprint density at radius 3 is 2.61 bits per heavy atom. The monoisotopic (exact) mass is 473 g/mol. The second kappa shape index (κ2) is 8.93. The van der Waals surface area contributed by atoms with Gasteiger partial charge in [0.15, 0.2) is 22.2 Å². The SMILES string of the molecule is CC(C(=O)Nc1ccccc1-c1nc(-c2ccccc2)n[nH]1)n1c(-c2cccs2)n[nH]c1=S. The highest BCUT2D eigenvalue weighted by Crippen LogP contribution is 2.29. The van der Waals surface area contributed by atoms with E-state index >= 15 is 0 Å². The van der Waals surface area contributed by atoms with Gasteiger partial charge in [-0.05, 0) is 42.7 Å². The first-order valence-electron chi connectivity index (χ1n) is 10.2. The molecule has 0 aliphatic carbocycles. The van der Waals surface area contributed by atoms with Crippen molar-refractivity contribution in [3.05, 3.63) is 76.9 Å². The summed E-state index contributed by atoms with van der Waals surface area (Å²) in [5, 5.41) is 19.4. The molecule has 1 amide bonds. The number of H-pyrrole nitrogens is 2. The zero-order valence-corrected chi connectivity index (χ0v) is 19.2. The molecular formula is C23H19N7OS2. The number of para-hydroxylation sites is 1. The molecule has 5 rings (SSSR count). The Kier molecular flexibility index (Phi) is 5.68. The smallest absolute Gasteiger partial charge is 0.247 e. The van der Waals surface area contributed by atoms with Crippen molar-refractivity contribution in [1.82, 2.24) is 29.9 Å². The van der Waals surface area contributed by atoms with Gasteiger partial charge in [-0.15, -0.1) is 11.3 Å². The molecule has 0 bridgehead atoms. The van der Waals surface area contributed by atoms with Gasteiger partial charge in [0.25, 0.3) is 0 Å². The summed E-state index contributed by atoms with van der Waals surface area (Å²) >= 11 is 6.94. The summed E-state index contributed by atoms with van der Waals surface area (Å²) in [6, 6.07) is 20.5. The number of aromatic amines is 2. The molecule has 0 spiro atoms. The van der Waals surface area contributed by atoms with Gasteiger partial charge >= 0.3 is 0 Å². The molecular weight excluding hydrogens is 454 g/mol. The molecule has 0 aliphatic heterocycles. The molecule has 0 fully saturated rings. The lowest BCUT2D eigenvalue weighted by molar-refractivity contribution is -0.118. The van der Waals surface area contributed by atoms with Gasteiger partial charge in [0.05, 0.1) is 10.6 Å². The van der Waals surface area contributed by atoms with Crippen LogP contribution in [0.25, 0.3) is 33.5 Å². The number of aromatic nitrogens is 6. The van der Waals surface area contributed by atoms with Crippen LogP contribution in [0.15, 0.2) is 72.1 Å². The van der Waals surface area contributed by atoms with Gasteiger partial charge in [-0.1, -0.05) is 48.5 Å². The van der Waals surface area contributed by atoms with E-state index in [0.29, 0.717) is 27.9 Å². The van der Waals surface area contributed by atoms with Crippen molar-refractivity contribution < 1.29 is 4.79 Å². The van der Waals surface area contributed by atoms with Gasteiger partial charge in [0.2, 0.25) is 5.91 Å². The quantitative estimate of drug-likeness (QED) is 0.290. The lowest BCUT2D eigenvalue weighted by Gasteiger charge is -2.16. The van der Waals surface area contributed by atoms with Gasteiger partial charge in [0, 0.05) is 11.1 Å². The summed E-state index contributed by atoms with van der Waals surface area (Å²) in [7, 11) is 0. The summed E-state index contributed by atoms with van der Waals surface area (Å²) in [4.78, 5) is 18.8. The minimum absolute atomic E-state index is 0.222.